The number of fused-ring (bicyclic) bond motifs is 4. The third-order valence-electron chi connectivity index (χ3n) is 6.02. The van der Waals surface area contributed by atoms with E-state index in [1.807, 2.05) is 79.7 Å². The summed E-state index contributed by atoms with van der Waals surface area (Å²) in [6.07, 6.45) is 1.80. The molecule has 3 aromatic heterocycles. The van der Waals surface area contributed by atoms with Crippen LogP contribution in [0.4, 0.5) is 5.69 Å². The van der Waals surface area contributed by atoms with Crippen molar-refractivity contribution in [3.8, 4) is 23.2 Å². The van der Waals surface area contributed by atoms with Gasteiger partial charge in [0.1, 0.15) is 22.8 Å². The number of aromatic nitrogens is 3. The molecule has 0 spiro atoms. The first-order valence-corrected chi connectivity index (χ1v) is 11.0. The number of nitrogens with zero attached hydrogens (tertiary/aromatic N) is 4. The second-order valence-electron chi connectivity index (χ2n) is 8.37. The number of para-hydroxylation sites is 1. The number of pyridine rings is 2. The summed E-state index contributed by atoms with van der Waals surface area (Å²) >= 11 is 0. The zero-order chi connectivity index (χ0) is 23.2. The van der Waals surface area contributed by atoms with Crippen LogP contribution in [0.3, 0.4) is 0 Å². The fraction of sp³-hybridized carbons (Fsp3) is 0.0714. The Labute approximate surface area is 196 Å². The number of hydrogen-bond donors (Lipinski definition) is 1. The summed E-state index contributed by atoms with van der Waals surface area (Å²) < 4.78 is 8.31. The molecule has 0 saturated heterocycles. The minimum atomic E-state index is 0.122. The lowest BCUT2D eigenvalue weighted by atomic mass is 10.1. The van der Waals surface area contributed by atoms with Crippen molar-refractivity contribution >= 4 is 38.4 Å². The largest absolute Gasteiger partial charge is 0.506 e. The third kappa shape index (κ3) is 3.19. The van der Waals surface area contributed by atoms with Crippen LogP contribution >= 0.6 is 0 Å². The van der Waals surface area contributed by atoms with Crippen molar-refractivity contribution in [2.45, 2.75) is 0 Å². The average molecular weight is 447 g/mol. The van der Waals surface area contributed by atoms with E-state index in [4.69, 9.17) is 4.74 Å². The number of phenolic OH excluding ortho intramolecular Hbond substituents is 1. The number of rotatable bonds is 4. The molecule has 1 N–H and O–H groups in total. The smallest absolute Gasteiger partial charge is 0.219 e. The second kappa shape index (κ2) is 7.78. The van der Waals surface area contributed by atoms with Crippen LogP contribution in [0.5, 0.6) is 17.4 Å². The molecule has 166 valence electrons. The van der Waals surface area contributed by atoms with Crippen LogP contribution in [0, 0.1) is 0 Å². The van der Waals surface area contributed by atoms with E-state index < -0.39 is 0 Å². The lowest BCUT2D eigenvalue weighted by Gasteiger charge is -2.16. The summed E-state index contributed by atoms with van der Waals surface area (Å²) in [7, 11) is 3.93. The van der Waals surface area contributed by atoms with Gasteiger partial charge in [-0.15, -0.1) is 0 Å². The maximum absolute atomic E-state index is 10.4. The molecule has 6 nitrogen and oxygen atoms in total. The Kier molecular flexibility index (Phi) is 4.59. The molecule has 0 atom stereocenters. The van der Waals surface area contributed by atoms with Crippen LogP contribution in [0.15, 0.2) is 91.1 Å². The number of aromatic hydroxyl groups is 1. The van der Waals surface area contributed by atoms with Crippen molar-refractivity contribution in [2.75, 3.05) is 19.0 Å². The van der Waals surface area contributed by atoms with Gasteiger partial charge in [0.05, 0.1) is 11.0 Å². The standard InChI is InChI=1S/C28H22N4O2/c1-31(2)22-13-14-25(33)28-21(22)12-15-27(30-28)34-18-10-11-20-19-7-3-4-8-23(19)32(24(20)17-18)26-9-5-6-16-29-26/h3-17,33H,1-2H3. The first-order valence-electron chi connectivity index (χ1n) is 11.0. The van der Waals surface area contributed by atoms with Gasteiger partial charge in [-0.25, -0.2) is 9.97 Å². The Balaban J connectivity index is 1.48. The molecule has 0 saturated carbocycles. The highest BCUT2D eigenvalue weighted by Crippen LogP contribution is 2.36. The van der Waals surface area contributed by atoms with Gasteiger partial charge in [-0.2, -0.15) is 0 Å². The van der Waals surface area contributed by atoms with E-state index in [1.165, 1.54) is 0 Å². The predicted octanol–water partition coefficient (Wildman–Crippen LogP) is 6.29. The minimum absolute atomic E-state index is 0.122. The molecule has 6 rings (SSSR count). The van der Waals surface area contributed by atoms with E-state index in [1.54, 1.807) is 12.3 Å². The lowest BCUT2D eigenvalue weighted by molar-refractivity contribution is 0.460. The van der Waals surface area contributed by atoms with Crippen LogP contribution < -0.4 is 9.64 Å². The van der Waals surface area contributed by atoms with Crippen molar-refractivity contribution < 1.29 is 9.84 Å². The highest BCUT2D eigenvalue weighted by molar-refractivity contribution is 6.09. The van der Waals surface area contributed by atoms with Crippen LogP contribution in [0.1, 0.15) is 0 Å². The first-order chi connectivity index (χ1) is 16.6. The maximum Gasteiger partial charge on any atom is 0.219 e. The summed E-state index contributed by atoms with van der Waals surface area (Å²) in [6, 6.07) is 27.5. The monoisotopic (exact) mass is 446 g/mol. The predicted molar refractivity (Wildman–Crippen MR) is 136 cm³/mol. The van der Waals surface area contributed by atoms with Crippen LogP contribution in [0.25, 0.3) is 38.5 Å². The Morgan fingerprint density at radius 3 is 2.41 bits per heavy atom. The van der Waals surface area contributed by atoms with Crippen molar-refractivity contribution in [1.29, 1.82) is 0 Å². The van der Waals surface area contributed by atoms with E-state index in [0.717, 1.165) is 38.7 Å². The van der Waals surface area contributed by atoms with Crippen molar-refractivity contribution in [2.24, 2.45) is 0 Å². The van der Waals surface area contributed by atoms with Crippen molar-refractivity contribution in [1.82, 2.24) is 14.5 Å². The van der Waals surface area contributed by atoms with Gasteiger partial charge in [0.25, 0.3) is 0 Å². The van der Waals surface area contributed by atoms with E-state index in [0.29, 0.717) is 17.1 Å². The number of benzene rings is 3. The number of ether oxygens (including phenoxy) is 1. The van der Waals surface area contributed by atoms with Gasteiger partial charge in [0, 0.05) is 54.3 Å². The lowest BCUT2D eigenvalue weighted by Crippen LogP contribution is -2.09. The summed E-state index contributed by atoms with van der Waals surface area (Å²) in [5.74, 6) is 2.04. The van der Waals surface area contributed by atoms with Gasteiger partial charge in [0.2, 0.25) is 5.88 Å². The Morgan fingerprint density at radius 2 is 1.59 bits per heavy atom. The third-order valence-corrected chi connectivity index (χ3v) is 6.02. The van der Waals surface area contributed by atoms with E-state index in [2.05, 4.69) is 32.7 Å². The van der Waals surface area contributed by atoms with Gasteiger partial charge in [-0.3, -0.25) is 4.57 Å². The Bertz CT molecular complexity index is 1670. The fourth-order valence-electron chi connectivity index (χ4n) is 4.48. The number of phenols is 1. The van der Waals surface area contributed by atoms with Gasteiger partial charge in [0.15, 0.2) is 0 Å². The molecule has 0 unspecified atom stereocenters. The zero-order valence-electron chi connectivity index (χ0n) is 18.8. The van der Waals surface area contributed by atoms with Crippen LogP contribution in [-0.4, -0.2) is 33.7 Å². The molecular formula is C28H22N4O2. The molecule has 0 bridgehead atoms. The normalized spacial score (nSPS) is 11.4. The molecule has 6 heteroatoms. The van der Waals surface area contributed by atoms with E-state index in [-0.39, 0.29) is 5.75 Å². The van der Waals surface area contributed by atoms with Crippen molar-refractivity contribution in [3.63, 3.8) is 0 Å². The topological polar surface area (TPSA) is 63.4 Å². The molecule has 0 aliphatic rings. The second-order valence-corrected chi connectivity index (χ2v) is 8.37. The van der Waals surface area contributed by atoms with Gasteiger partial charge in [-0.05, 0) is 48.5 Å². The first kappa shape index (κ1) is 20.1. The van der Waals surface area contributed by atoms with Gasteiger partial charge in [-0.1, -0.05) is 24.3 Å². The highest BCUT2D eigenvalue weighted by atomic mass is 16.5. The zero-order valence-corrected chi connectivity index (χ0v) is 18.8. The highest BCUT2D eigenvalue weighted by Gasteiger charge is 2.15. The quantitative estimate of drug-likeness (QED) is 0.345. The number of hydrogen-bond acceptors (Lipinski definition) is 5. The molecule has 3 heterocycles. The summed E-state index contributed by atoms with van der Waals surface area (Å²) in [6.45, 7) is 0. The van der Waals surface area contributed by atoms with Crippen LogP contribution in [-0.2, 0) is 0 Å². The Morgan fingerprint density at radius 1 is 0.794 bits per heavy atom. The minimum Gasteiger partial charge on any atom is -0.506 e. The molecule has 0 amide bonds. The van der Waals surface area contributed by atoms with Gasteiger partial charge < -0.3 is 14.7 Å². The maximum atomic E-state index is 10.4. The molecular weight excluding hydrogens is 424 g/mol. The van der Waals surface area contributed by atoms with Crippen LogP contribution in [0.2, 0.25) is 0 Å². The molecule has 0 fully saturated rings. The van der Waals surface area contributed by atoms with Crippen molar-refractivity contribution in [3.05, 3.63) is 91.1 Å². The Hall–Kier alpha value is -4.58. The molecule has 3 aromatic carbocycles. The molecule has 34 heavy (non-hydrogen) atoms. The average Bonchev–Trinajstić information content (AvgIpc) is 3.18. The molecule has 0 aliphatic carbocycles. The summed E-state index contributed by atoms with van der Waals surface area (Å²) in [4.78, 5) is 11.2. The number of anilines is 1. The fourth-order valence-corrected chi connectivity index (χ4v) is 4.48. The molecule has 6 aromatic rings. The summed E-state index contributed by atoms with van der Waals surface area (Å²) in [5.41, 5.74) is 3.56. The molecule has 0 aliphatic heterocycles. The van der Waals surface area contributed by atoms with Gasteiger partial charge >= 0.3 is 0 Å². The van der Waals surface area contributed by atoms with E-state index in [9.17, 15) is 5.11 Å². The molecule has 0 radical (unpaired) electrons. The summed E-state index contributed by atoms with van der Waals surface area (Å²) in [5, 5.41) is 13.5. The SMILES string of the molecule is CN(C)c1ccc(O)c2nc(Oc3ccc4c5ccccc5n(-c5ccccn5)c4c3)ccc12. The van der Waals surface area contributed by atoms with E-state index >= 15 is 0 Å².